The average Bonchev–Trinajstić information content (AvgIpc) is 2.55. The highest BCUT2D eigenvalue weighted by molar-refractivity contribution is 7.85. The van der Waals surface area contributed by atoms with Gasteiger partial charge in [-0.25, -0.2) is 0 Å². The van der Waals surface area contributed by atoms with Crippen molar-refractivity contribution in [2.75, 3.05) is 29.6 Å². The topological polar surface area (TPSA) is 179 Å². The van der Waals surface area contributed by atoms with E-state index < -0.39 is 16.1 Å². The maximum absolute atomic E-state index is 10.5. The summed E-state index contributed by atoms with van der Waals surface area (Å²) in [5.74, 6) is -0.757. The van der Waals surface area contributed by atoms with Crippen molar-refractivity contribution < 1.29 is 27.6 Å². The largest absolute Gasteiger partial charge is 0.491 e. The molecule has 0 aliphatic carbocycles. The SMILES string of the molecule is Cc1cc(N)c(OCCCS(=O)(=O)O)cc1N.Nc1cccc(CC(=O)O)c1. The fourth-order valence-electron chi connectivity index (χ4n) is 2.15. The van der Waals surface area contributed by atoms with Gasteiger partial charge in [-0.05, 0) is 42.7 Å². The highest BCUT2D eigenvalue weighted by Gasteiger charge is 2.07. The van der Waals surface area contributed by atoms with Crippen molar-refractivity contribution in [3.8, 4) is 5.75 Å². The third kappa shape index (κ3) is 9.10. The van der Waals surface area contributed by atoms with Gasteiger partial charge in [0.25, 0.3) is 10.1 Å². The zero-order valence-electron chi connectivity index (χ0n) is 15.5. The summed E-state index contributed by atoms with van der Waals surface area (Å²) in [5.41, 5.74) is 20.0. The van der Waals surface area contributed by atoms with Gasteiger partial charge in [0, 0.05) is 17.4 Å². The molecular formula is C18H25N3O6S. The monoisotopic (exact) mass is 411 g/mol. The molecule has 0 fully saturated rings. The van der Waals surface area contributed by atoms with Gasteiger partial charge < -0.3 is 27.0 Å². The minimum absolute atomic E-state index is 0.0328. The van der Waals surface area contributed by atoms with Crippen LogP contribution in [0.1, 0.15) is 17.5 Å². The number of aryl methyl sites for hydroxylation is 1. The lowest BCUT2D eigenvalue weighted by Gasteiger charge is -2.10. The molecule has 0 heterocycles. The summed E-state index contributed by atoms with van der Waals surface area (Å²) >= 11 is 0. The van der Waals surface area contributed by atoms with Crippen LogP contribution in [0.4, 0.5) is 17.1 Å². The van der Waals surface area contributed by atoms with Gasteiger partial charge in [0.2, 0.25) is 0 Å². The van der Waals surface area contributed by atoms with Gasteiger partial charge in [-0.15, -0.1) is 0 Å². The maximum atomic E-state index is 10.5. The number of hydrogen-bond acceptors (Lipinski definition) is 7. The lowest BCUT2D eigenvalue weighted by atomic mass is 10.1. The summed E-state index contributed by atoms with van der Waals surface area (Å²) in [4.78, 5) is 10.2. The minimum atomic E-state index is -3.94. The molecule has 2 aromatic carbocycles. The predicted octanol–water partition coefficient (Wildman–Crippen LogP) is 1.71. The molecule has 154 valence electrons. The second-order valence-electron chi connectivity index (χ2n) is 6.05. The van der Waals surface area contributed by atoms with Crippen LogP contribution in [-0.2, 0) is 21.3 Å². The molecule has 0 saturated carbocycles. The molecule has 8 N–H and O–H groups in total. The molecule has 28 heavy (non-hydrogen) atoms. The number of hydrogen-bond donors (Lipinski definition) is 5. The first-order valence-corrected chi connectivity index (χ1v) is 9.88. The van der Waals surface area contributed by atoms with Crippen molar-refractivity contribution in [2.24, 2.45) is 0 Å². The lowest BCUT2D eigenvalue weighted by Crippen LogP contribution is -2.09. The van der Waals surface area contributed by atoms with Crippen molar-refractivity contribution in [3.63, 3.8) is 0 Å². The van der Waals surface area contributed by atoms with Gasteiger partial charge in [0.15, 0.2) is 0 Å². The van der Waals surface area contributed by atoms with Crippen LogP contribution in [0, 0.1) is 6.92 Å². The molecule has 0 bridgehead atoms. The second-order valence-corrected chi connectivity index (χ2v) is 7.62. The third-order valence-corrected chi connectivity index (χ3v) is 4.31. The fourth-order valence-corrected chi connectivity index (χ4v) is 2.63. The first-order chi connectivity index (χ1) is 13.0. The Balaban J connectivity index is 0.000000307. The van der Waals surface area contributed by atoms with Crippen LogP contribution in [0.3, 0.4) is 0 Å². The summed E-state index contributed by atoms with van der Waals surface area (Å²) < 4.78 is 34.7. The third-order valence-electron chi connectivity index (χ3n) is 3.51. The quantitative estimate of drug-likeness (QED) is 0.257. The number of nitrogens with two attached hydrogens (primary N) is 3. The van der Waals surface area contributed by atoms with Gasteiger partial charge in [0.1, 0.15) is 5.75 Å². The van der Waals surface area contributed by atoms with Crippen LogP contribution in [0.2, 0.25) is 0 Å². The van der Waals surface area contributed by atoms with E-state index in [9.17, 15) is 13.2 Å². The second kappa shape index (κ2) is 10.4. The van der Waals surface area contributed by atoms with E-state index in [2.05, 4.69) is 0 Å². The number of ether oxygens (including phenoxy) is 1. The molecule has 0 radical (unpaired) electrons. The first-order valence-electron chi connectivity index (χ1n) is 8.27. The molecule has 2 aromatic rings. The van der Waals surface area contributed by atoms with E-state index in [1.54, 1.807) is 36.4 Å². The number of rotatable bonds is 7. The average molecular weight is 411 g/mol. The normalized spacial score (nSPS) is 10.6. The van der Waals surface area contributed by atoms with Crippen LogP contribution in [0.15, 0.2) is 36.4 Å². The van der Waals surface area contributed by atoms with Gasteiger partial charge in [-0.2, -0.15) is 8.42 Å². The summed E-state index contributed by atoms with van der Waals surface area (Å²) in [5, 5.41) is 8.42. The zero-order valence-corrected chi connectivity index (χ0v) is 16.3. The molecule has 2 rings (SSSR count). The highest BCUT2D eigenvalue weighted by Crippen LogP contribution is 2.27. The van der Waals surface area contributed by atoms with E-state index >= 15 is 0 Å². The van der Waals surface area contributed by atoms with Gasteiger partial charge in [0.05, 0.1) is 24.5 Å². The summed E-state index contributed by atoms with van der Waals surface area (Å²) in [7, 11) is -3.94. The lowest BCUT2D eigenvalue weighted by molar-refractivity contribution is -0.136. The Labute approximate surface area is 163 Å². The Morgan fingerprint density at radius 3 is 2.36 bits per heavy atom. The van der Waals surface area contributed by atoms with E-state index in [4.69, 9.17) is 31.6 Å². The number of benzene rings is 2. The van der Waals surface area contributed by atoms with E-state index in [1.807, 2.05) is 6.92 Å². The van der Waals surface area contributed by atoms with Crippen molar-refractivity contribution in [2.45, 2.75) is 19.8 Å². The van der Waals surface area contributed by atoms with E-state index in [0.717, 1.165) is 11.1 Å². The number of carboxylic acid groups (broad SMARTS) is 1. The Kier molecular flexibility index (Phi) is 8.55. The molecule has 9 nitrogen and oxygen atoms in total. The van der Waals surface area contributed by atoms with Crippen molar-refractivity contribution in [3.05, 3.63) is 47.5 Å². The number of anilines is 3. The molecule has 0 aliphatic rings. The predicted molar refractivity (Wildman–Crippen MR) is 109 cm³/mol. The summed E-state index contributed by atoms with van der Waals surface area (Å²) in [6.45, 7) is 1.97. The first kappa shape index (κ1) is 23.1. The van der Waals surface area contributed by atoms with Crippen LogP contribution >= 0.6 is 0 Å². The van der Waals surface area contributed by atoms with E-state index in [1.165, 1.54) is 0 Å². The maximum Gasteiger partial charge on any atom is 0.307 e. The van der Waals surface area contributed by atoms with E-state index in [0.29, 0.717) is 22.8 Å². The molecular weight excluding hydrogens is 386 g/mol. The van der Waals surface area contributed by atoms with E-state index in [-0.39, 0.29) is 25.2 Å². The summed E-state index contributed by atoms with van der Waals surface area (Å²) in [6, 6.07) is 10.2. The van der Waals surface area contributed by atoms with Crippen LogP contribution in [0.5, 0.6) is 5.75 Å². The number of nitrogen functional groups attached to an aromatic ring is 3. The Morgan fingerprint density at radius 2 is 1.79 bits per heavy atom. The molecule has 0 atom stereocenters. The van der Waals surface area contributed by atoms with Gasteiger partial charge in [-0.3, -0.25) is 9.35 Å². The van der Waals surface area contributed by atoms with Gasteiger partial charge >= 0.3 is 5.97 Å². The molecule has 0 unspecified atom stereocenters. The molecule has 0 aliphatic heterocycles. The van der Waals surface area contributed by atoms with Crippen LogP contribution < -0.4 is 21.9 Å². The highest BCUT2D eigenvalue weighted by atomic mass is 32.2. The smallest absolute Gasteiger partial charge is 0.307 e. The van der Waals surface area contributed by atoms with Crippen molar-refractivity contribution in [1.29, 1.82) is 0 Å². The standard InChI is InChI=1S/C10H16N2O4S.C8H9NO2/c1-7-5-9(12)10(6-8(7)11)16-3-2-4-17(13,14)15;9-7-3-1-2-6(4-7)5-8(10)11/h5-6H,2-4,11-12H2,1H3,(H,13,14,15);1-4H,5,9H2,(H,10,11). The number of carboxylic acids is 1. The summed E-state index contributed by atoms with van der Waals surface area (Å²) in [6.07, 6.45) is 0.219. The number of aliphatic carboxylic acids is 1. The molecule has 10 heteroatoms. The van der Waals surface area contributed by atoms with Crippen LogP contribution in [0.25, 0.3) is 0 Å². The van der Waals surface area contributed by atoms with Crippen LogP contribution in [-0.4, -0.2) is 36.4 Å². The molecule has 0 aromatic heterocycles. The zero-order chi connectivity index (χ0) is 21.3. The number of carbonyl (C=O) groups is 1. The molecule has 0 amide bonds. The fraction of sp³-hybridized carbons (Fsp3) is 0.278. The Morgan fingerprint density at radius 1 is 1.11 bits per heavy atom. The molecule has 0 saturated heterocycles. The Bertz CT molecular complexity index is 916. The van der Waals surface area contributed by atoms with Crippen molar-refractivity contribution in [1.82, 2.24) is 0 Å². The minimum Gasteiger partial charge on any atom is -0.491 e. The van der Waals surface area contributed by atoms with Crippen molar-refractivity contribution >= 4 is 33.1 Å². The Hall–Kier alpha value is -2.98. The molecule has 0 spiro atoms. The van der Waals surface area contributed by atoms with Gasteiger partial charge in [-0.1, -0.05) is 12.1 Å².